The second-order valence-corrected chi connectivity index (χ2v) is 6.95. The fourth-order valence-corrected chi connectivity index (χ4v) is 3.21. The monoisotopic (exact) mass is 419 g/mol. The van der Waals surface area contributed by atoms with Gasteiger partial charge in [-0.15, -0.1) is 0 Å². The zero-order chi connectivity index (χ0) is 21.0. The van der Waals surface area contributed by atoms with Crippen molar-refractivity contribution in [2.24, 2.45) is 0 Å². The number of aryl methyl sites for hydroxylation is 2. The lowest BCUT2D eigenvalue weighted by atomic mass is 10.2. The van der Waals surface area contributed by atoms with E-state index in [0.717, 1.165) is 0 Å². The molecule has 1 aromatic heterocycles. The van der Waals surface area contributed by atoms with Gasteiger partial charge in [-0.3, -0.25) is 4.79 Å². The number of thioether (sulfide) groups is 1. The largest absolute Gasteiger partial charge is 0.421 e. The Morgan fingerprint density at radius 1 is 1.03 bits per heavy atom. The van der Waals surface area contributed by atoms with Crippen LogP contribution in [-0.4, -0.2) is 21.6 Å². The minimum absolute atomic E-state index is 0.0268. The number of halogens is 3. The van der Waals surface area contributed by atoms with Crippen LogP contribution < -0.4 is 10.1 Å². The Labute approximate surface area is 169 Å². The van der Waals surface area contributed by atoms with Crippen molar-refractivity contribution in [2.45, 2.75) is 24.5 Å². The second-order valence-electron chi connectivity index (χ2n) is 5.91. The van der Waals surface area contributed by atoms with Crippen LogP contribution in [0.4, 0.5) is 18.9 Å². The number of hydrogen-bond acceptors (Lipinski definition) is 5. The first kappa shape index (κ1) is 20.7. The van der Waals surface area contributed by atoms with E-state index in [1.165, 1.54) is 30.3 Å². The van der Waals surface area contributed by atoms with Crippen LogP contribution in [0.2, 0.25) is 0 Å². The Morgan fingerprint density at radius 2 is 1.66 bits per heavy atom. The topological polar surface area (TPSA) is 64.1 Å². The molecular formula is C20H16F3N3O2S. The van der Waals surface area contributed by atoms with Gasteiger partial charge in [0.25, 0.3) is 11.7 Å². The van der Waals surface area contributed by atoms with Gasteiger partial charge >= 0.3 is 6.01 Å². The molecule has 0 aliphatic rings. The predicted molar refractivity (Wildman–Crippen MR) is 104 cm³/mol. The highest BCUT2D eigenvalue weighted by Gasteiger charge is 2.18. The van der Waals surface area contributed by atoms with Gasteiger partial charge in [0.1, 0.15) is 0 Å². The summed E-state index contributed by atoms with van der Waals surface area (Å²) in [4.78, 5) is 21.1. The van der Waals surface area contributed by atoms with E-state index in [2.05, 4.69) is 15.3 Å². The number of benzene rings is 2. The third kappa shape index (κ3) is 5.05. The number of rotatable bonds is 6. The highest BCUT2D eigenvalue weighted by atomic mass is 32.2. The summed E-state index contributed by atoms with van der Waals surface area (Å²) in [5.74, 6) is -3.80. The number of alkyl halides is 2. The lowest BCUT2D eigenvalue weighted by Gasteiger charge is -2.14. The molecule has 0 aliphatic heterocycles. The van der Waals surface area contributed by atoms with Crippen molar-refractivity contribution in [3.8, 4) is 11.8 Å². The molecule has 0 aliphatic carbocycles. The first-order valence-corrected chi connectivity index (χ1v) is 9.36. The van der Waals surface area contributed by atoms with E-state index in [1.54, 1.807) is 32.0 Å². The van der Waals surface area contributed by atoms with Crippen molar-refractivity contribution in [2.75, 3.05) is 5.32 Å². The number of ether oxygens (including phenoxy) is 1. The molecule has 0 spiro atoms. The molecule has 2 aromatic carbocycles. The van der Waals surface area contributed by atoms with Crippen LogP contribution in [0.5, 0.6) is 11.8 Å². The molecule has 150 valence electrons. The van der Waals surface area contributed by atoms with Crippen LogP contribution >= 0.6 is 11.8 Å². The summed E-state index contributed by atoms with van der Waals surface area (Å²) >= 11 is 0.296. The number of aromatic nitrogens is 2. The molecule has 0 radical (unpaired) electrons. The zero-order valence-corrected chi connectivity index (χ0v) is 16.3. The van der Waals surface area contributed by atoms with Crippen molar-refractivity contribution in [3.63, 3.8) is 0 Å². The van der Waals surface area contributed by atoms with Gasteiger partial charge in [-0.25, -0.2) is 4.39 Å². The van der Waals surface area contributed by atoms with E-state index in [1.807, 2.05) is 0 Å². The number of para-hydroxylation sites is 1. The van der Waals surface area contributed by atoms with Gasteiger partial charge in [-0.05, 0) is 38.1 Å². The van der Waals surface area contributed by atoms with Gasteiger partial charge in [-0.1, -0.05) is 36.0 Å². The maximum absolute atomic E-state index is 13.8. The van der Waals surface area contributed by atoms with Crippen molar-refractivity contribution >= 4 is 23.4 Å². The number of amides is 1. The summed E-state index contributed by atoms with van der Waals surface area (Å²) in [7, 11) is 0. The van der Waals surface area contributed by atoms with E-state index in [4.69, 9.17) is 4.74 Å². The molecule has 29 heavy (non-hydrogen) atoms. The van der Waals surface area contributed by atoms with E-state index in [-0.39, 0.29) is 22.2 Å². The Bertz CT molecular complexity index is 1020. The van der Waals surface area contributed by atoms with Crippen LogP contribution in [0.1, 0.15) is 21.7 Å². The Kier molecular flexibility index (Phi) is 6.38. The number of carbonyl (C=O) groups excluding carboxylic acids is 1. The Morgan fingerprint density at radius 3 is 2.31 bits per heavy atom. The highest BCUT2D eigenvalue weighted by Crippen LogP contribution is 2.30. The van der Waals surface area contributed by atoms with E-state index >= 15 is 0 Å². The summed E-state index contributed by atoms with van der Waals surface area (Å²) in [6.45, 7) is 3.25. The van der Waals surface area contributed by atoms with Crippen LogP contribution in [-0.2, 0) is 0 Å². The van der Waals surface area contributed by atoms with Crippen molar-refractivity contribution in [1.29, 1.82) is 0 Å². The molecule has 0 fully saturated rings. The molecule has 0 saturated carbocycles. The fraction of sp³-hybridized carbons (Fsp3) is 0.150. The van der Waals surface area contributed by atoms with Gasteiger partial charge < -0.3 is 10.1 Å². The van der Waals surface area contributed by atoms with E-state index in [9.17, 15) is 18.0 Å². The summed E-state index contributed by atoms with van der Waals surface area (Å²) in [5, 5.41) is 2.66. The standard InChI is InChI=1S/C20H16F3N3O2S/c1-11-17(26-18(27)13-7-3-6-10-16(13)29-19(22)23)12(2)25-20(24-11)28-15-9-5-4-8-14(15)21/h3-10,19H,1-2H3,(H,26,27). The number of carbonyl (C=O) groups is 1. The Balaban J connectivity index is 1.84. The molecule has 1 N–H and O–H groups in total. The maximum Gasteiger partial charge on any atom is 0.322 e. The maximum atomic E-state index is 13.8. The number of nitrogens with zero attached hydrogens (tertiary/aromatic N) is 2. The quantitative estimate of drug-likeness (QED) is 0.528. The second kappa shape index (κ2) is 8.95. The van der Waals surface area contributed by atoms with Gasteiger partial charge in [0.05, 0.1) is 22.6 Å². The minimum atomic E-state index is -2.65. The van der Waals surface area contributed by atoms with Crippen molar-refractivity contribution in [3.05, 3.63) is 71.3 Å². The molecule has 1 heterocycles. The molecule has 0 bridgehead atoms. The van der Waals surface area contributed by atoms with Crippen LogP contribution in [0.15, 0.2) is 53.4 Å². The van der Waals surface area contributed by atoms with E-state index < -0.39 is 17.5 Å². The van der Waals surface area contributed by atoms with Crippen LogP contribution in [0.25, 0.3) is 0 Å². The summed E-state index contributed by atoms with van der Waals surface area (Å²) < 4.78 is 44.6. The average molecular weight is 419 g/mol. The zero-order valence-electron chi connectivity index (χ0n) is 15.4. The van der Waals surface area contributed by atoms with Crippen LogP contribution in [0, 0.1) is 19.7 Å². The molecule has 1 amide bonds. The molecule has 5 nitrogen and oxygen atoms in total. The molecule has 3 aromatic rings. The van der Waals surface area contributed by atoms with Crippen molar-refractivity contribution in [1.82, 2.24) is 9.97 Å². The third-order valence-corrected chi connectivity index (χ3v) is 4.66. The lowest BCUT2D eigenvalue weighted by Crippen LogP contribution is -2.16. The van der Waals surface area contributed by atoms with Gasteiger partial charge in [-0.2, -0.15) is 18.7 Å². The number of hydrogen-bond donors (Lipinski definition) is 1. The highest BCUT2D eigenvalue weighted by molar-refractivity contribution is 7.99. The average Bonchev–Trinajstić information content (AvgIpc) is 2.66. The minimum Gasteiger partial charge on any atom is -0.421 e. The molecule has 0 atom stereocenters. The molecular weight excluding hydrogens is 403 g/mol. The normalized spacial score (nSPS) is 10.8. The fourth-order valence-electron chi connectivity index (χ4n) is 2.57. The summed E-state index contributed by atoms with van der Waals surface area (Å²) in [6, 6.07) is 11.8. The molecule has 9 heteroatoms. The predicted octanol–water partition coefficient (Wildman–Crippen LogP) is 5.59. The molecule has 3 rings (SSSR count). The third-order valence-electron chi connectivity index (χ3n) is 3.87. The Hall–Kier alpha value is -3.07. The first-order valence-electron chi connectivity index (χ1n) is 8.48. The van der Waals surface area contributed by atoms with Crippen molar-refractivity contribution < 1.29 is 22.7 Å². The first-order chi connectivity index (χ1) is 13.8. The van der Waals surface area contributed by atoms with Gasteiger partial charge in [0, 0.05) is 4.90 Å². The SMILES string of the molecule is Cc1nc(Oc2ccccc2F)nc(C)c1NC(=O)c1ccccc1SC(F)F. The van der Waals surface area contributed by atoms with Gasteiger partial charge in [0.15, 0.2) is 11.6 Å². The van der Waals surface area contributed by atoms with Gasteiger partial charge in [0.2, 0.25) is 0 Å². The summed E-state index contributed by atoms with van der Waals surface area (Å²) in [6.07, 6.45) is 0. The van der Waals surface area contributed by atoms with Crippen LogP contribution in [0.3, 0.4) is 0 Å². The number of nitrogens with one attached hydrogen (secondary N) is 1. The number of anilines is 1. The van der Waals surface area contributed by atoms with E-state index in [0.29, 0.717) is 28.8 Å². The summed E-state index contributed by atoms with van der Waals surface area (Å²) in [5.41, 5.74) is 1.21. The molecule has 0 saturated heterocycles. The lowest BCUT2D eigenvalue weighted by molar-refractivity contribution is 0.102. The smallest absolute Gasteiger partial charge is 0.322 e. The molecule has 0 unspecified atom stereocenters.